The lowest BCUT2D eigenvalue weighted by atomic mass is 10.1. The maximum atomic E-state index is 12.1. The quantitative estimate of drug-likeness (QED) is 0.863. The number of nitrogens with zero attached hydrogens (tertiary/aromatic N) is 1. The number of hydrogen-bond acceptors (Lipinski definition) is 2. The van der Waals surface area contributed by atoms with Crippen LogP contribution in [0.25, 0.3) is 0 Å². The molecule has 0 saturated carbocycles. The smallest absolute Gasteiger partial charge is 0.227 e. The van der Waals surface area contributed by atoms with Gasteiger partial charge >= 0.3 is 0 Å². The van der Waals surface area contributed by atoms with Gasteiger partial charge in [-0.25, -0.2) is 0 Å². The van der Waals surface area contributed by atoms with Crippen molar-refractivity contribution in [2.45, 2.75) is 19.8 Å². The summed E-state index contributed by atoms with van der Waals surface area (Å²) in [5.74, 6) is 0.233. The molecule has 0 spiro atoms. The second-order valence-electron chi connectivity index (χ2n) is 4.33. The predicted octanol–water partition coefficient (Wildman–Crippen LogP) is 2.47. The van der Waals surface area contributed by atoms with E-state index in [1.54, 1.807) is 0 Å². The van der Waals surface area contributed by atoms with E-state index in [-0.39, 0.29) is 5.91 Å². The lowest BCUT2D eigenvalue weighted by Gasteiger charge is -2.26. The summed E-state index contributed by atoms with van der Waals surface area (Å²) in [6, 6.07) is 6.05. The van der Waals surface area contributed by atoms with Crippen LogP contribution in [-0.4, -0.2) is 25.5 Å². The maximum absolute atomic E-state index is 12.1. The van der Waals surface area contributed by atoms with E-state index in [0.29, 0.717) is 6.42 Å². The number of carbonyl (C=O) groups excluding carboxylic acids is 1. The van der Waals surface area contributed by atoms with Gasteiger partial charge in [-0.1, -0.05) is 15.9 Å². The normalized spacial score (nSPS) is 17.8. The van der Waals surface area contributed by atoms with Crippen molar-refractivity contribution in [3.8, 4) is 0 Å². The first kappa shape index (κ1) is 12.6. The van der Waals surface area contributed by atoms with E-state index in [4.69, 9.17) is 0 Å². The summed E-state index contributed by atoms with van der Waals surface area (Å²) in [7, 11) is 0. The molecule has 1 heterocycles. The number of hydrogen-bond donors (Lipinski definition) is 1. The van der Waals surface area contributed by atoms with Crippen molar-refractivity contribution in [1.29, 1.82) is 0 Å². The molecule has 92 valence electrons. The summed E-state index contributed by atoms with van der Waals surface area (Å²) in [5.41, 5.74) is 2.16. The van der Waals surface area contributed by atoms with Crippen molar-refractivity contribution in [2.24, 2.45) is 0 Å². The molecule has 0 aromatic heterocycles. The van der Waals surface area contributed by atoms with Gasteiger partial charge in [-0.15, -0.1) is 0 Å². The highest BCUT2D eigenvalue weighted by molar-refractivity contribution is 9.10. The minimum absolute atomic E-state index is 0.233. The number of rotatable bonds is 1. The molecule has 1 aliphatic rings. The summed E-state index contributed by atoms with van der Waals surface area (Å²) < 4.78 is 1.05. The molecule has 17 heavy (non-hydrogen) atoms. The Morgan fingerprint density at radius 3 is 2.94 bits per heavy atom. The third-order valence-corrected chi connectivity index (χ3v) is 3.50. The minimum Gasteiger partial charge on any atom is -0.315 e. The Labute approximate surface area is 110 Å². The van der Waals surface area contributed by atoms with E-state index in [0.717, 1.165) is 41.8 Å². The Morgan fingerprint density at radius 2 is 2.18 bits per heavy atom. The highest BCUT2D eigenvalue weighted by atomic mass is 79.9. The molecular weight excluding hydrogens is 280 g/mol. The van der Waals surface area contributed by atoms with Gasteiger partial charge in [0.15, 0.2) is 0 Å². The van der Waals surface area contributed by atoms with Crippen molar-refractivity contribution in [3.05, 3.63) is 28.2 Å². The number of nitrogens with one attached hydrogen (secondary N) is 1. The largest absolute Gasteiger partial charge is 0.315 e. The molecule has 4 heteroatoms. The molecule has 0 aliphatic carbocycles. The van der Waals surface area contributed by atoms with E-state index < -0.39 is 0 Å². The number of benzene rings is 1. The fourth-order valence-corrected chi connectivity index (χ4v) is 2.59. The highest BCUT2D eigenvalue weighted by Gasteiger charge is 2.18. The molecule has 0 bridgehead atoms. The van der Waals surface area contributed by atoms with Crippen LogP contribution in [-0.2, 0) is 4.79 Å². The molecule has 0 radical (unpaired) electrons. The summed E-state index contributed by atoms with van der Waals surface area (Å²) in [4.78, 5) is 14.0. The van der Waals surface area contributed by atoms with Crippen molar-refractivity contribution in [3.63, 3.8) is 0 Å². The van der Waals surface area contributed by atoms with Crippen molar-refractivity contribution >= 4 is 27.5 Å². The Morgan fingerprint density at radius 1 is 1.35 bits per heavy atom. The van der Waals surface area contributed by atoms with Gasteiger partial charge in [-0.2, -0.15) is 0 Å². The molecule has 3 nitrogen and oxygen atoms in total. The predicted molar refractivity (Wildman–Crippen MR) is 73.3 cm³/mol. The van der Waals surface area contributed by atoms with Crippen LogP contribution in [0, 0.1) is 6.92 Å². The average Bonchev–Trinajstić information content (AvgIpc) is 2.26. The molecule has 1 aromatic carbocycles. The molecule has 1 aliphatic heterocycles. The molecule has 1 N–H and O–H groups in total. The molecule has 0 unspecified atom stereocenters. The first-order valence-corrected chi connectivity index (χ1v) is 6.75. The average molecular weight is 297 g/mol. The maximum Gasteiger partial charge on any atom is 0.227 e. The van der Waals surface area contributed by atoms with E-state index in [1.165, 1.54) is 0 Å². The van der Waals surface area contributed by atoms with Crippen molar-refractivity contribution in [2.75, 3.05) is 24.5 Å². The van der Waals surface area contributed by atoms with Gasteiger partial charge in [0.05, 0.1) is 0 Å². The Bertz CT molecular complexity index is 420. The number of carbonyl (C=O) groups is 1. The summed E-state index contributed by atoms with van der Waals surface area (Å²) in [6.07, 6.45) is 1.55. The lowest BCUT2D eigenvalue weighted by Crippen LogP contribution is -2.40. The summed E-state index contributed by atoms with van der Waals surface area (Å²) in [6.45, 7) is 4.60. The van der Waals surface area contributed by atoms with Crippen molar-refractivity contribution in [1.82, 2.24) is 5.32 Å². The summed E-state index contributed by atoms with van der Waals surface area (Å²) >= 11 is 3.45. The lowest BCUT2D eigenvalue weighted by molar-refractivity contribution is -0.118. The second kappa shape index (κ2) is 5.65. The molecule has 1 fully saturated rings. The molecule has 1 saturated heterocycles. The Kier molecular flexibility index (Phi) is 4.18. The standard InChI is InChI=1S/C13H17BrN2O/c1-10-9-11(14)4-5-12(10)16-8-7-15-6-2-3-13(16)17/h4-5,9,15H,2-3,6-8H2,1H3. The third kappa shape index (κ3) is 3.07. The van der Waals surface area contributed by atoms with Crippen LogP contribution in [0.1, 0.15) is 18.4 Å². The zero-order chi connectivity index (χ0) is 12.3. The zero-order valence-corrected chi connectivity index (χ0v) is 11.6. The van der Waals surface area contributed by atoms with Crippen LogP contribution in [0.15, 0.2) is 22.7 Å². The van der Waals surface area contributed by atoms with Crippen LogP contribution in [0.5, 0.6) is 0 Å². The highest BCUT2D eigenvalue weighted by Crippen LogP contribution is 2.24. The first-order valence-electron chi connectivity index (χ1n) is 5.96. The topological polar surface area (TPSA) is 32.3 Å². The van der Waals surface area contributed by atoms with E-state index in [2.05, 4.69) is 27.3 Å². The van der Waals surface area contributed by atoms with Crippen LogP contribution in [0.4, 0.5) is 5.69 Å². The Hall–Kier alpha value is -0.870. The molecule has 2 rings (SSSR count). The van der Waals surface area contributed by atoms with Gasteiger partial charge in [0, 0.05) is 29.7 Å². The molecule has 1 amide bonds. The fourth-order valence-electron chi connectivity index (χ4n) is 2.12. The second-order valence-corrected chi connectivity index (χ2v) is 5.25. The van der Waals surface area contributed by atoms with Crippen LogP contribution in [0.3, 0.4) is 0 Å². The van der Waals surface area contributed by atoms with Crippen LogP contribution >= 0.6 is 15.9 Å². The minimum atomic E-state index is 0.233. The van der Waals surface area contributed by atoms with Gasteiger partial charge in [-0.3, -0.25) is 4.79 Å². The van der Waals surface area contributed by atoms with E-state index >= 15 is 0 Å². The van der Waals surface area contributed by atoms with E-state index in [1.807, 2.05) is 24.0 Å². The number of amides is 1. The Balaban J connectivity index is 2.25. The molecule has 1 aromatic rings. The third-order valence-electron chi connectivity index (χ3n) is 3.01. The van der Waals surface area contributed by atoms with Gasteiger partial charge in [0.1, 0.15) is 0 Å². The monoisotopic (exact) mass is 296 g/mol. The number of halogens is 1. The summed E-state index contributed by atoms with van der Waals surface area (Å²) in [5, 5.41) is 3.34. The SMILES string of the molecule is Cc1cc(Br)ccc1N1CCNCCCC1=O. The van der Waals surface area contributed by atoms with E-state index in [9.17, 15) is 4.79 Å². The number of aryl methyl sites for hydroxylation is 1. The van der Waals surface area contributed by atoms with Gasteiger partial charge < -0.3 is 10.2 Å². The van der Waals surface area contributed by atoms with Crippen LogP contribution in [0.2, 0.25) is 0 Å². The van der Waals surface area contributed by atoms with Gasteiger partial charge in [0.2, 0.25) is 5.91 Å². The van der Waals surface area contributed by atoms with Gasteiger partial charge in [0.25, 0.3) is 0 Å². The molecular formula is C13H17BrN2O. The van der Waals surface area contributed by atoms with Gasteiger partial charge in [-0.05, 0) is 43.7 Å². The zero-order valence-electron chi connectivity index (χ0n) is 10.0. The van der Waals surface area contributed by atoms with Crippen LogP contribution < -0.4 is 10.2 Å². The number of anilines is 1. The fraction of sp³-hybridized carbons (Fsp3) is 0.462. The first-order chi connectivity index (χ1) is 8.18. The van der Waals surface area contributed by atoms with Crippen molar-refractivity contribution < 1.29 is 4.79 Å². The molecule has 0 atom stereocenters.